The van der Waals surface area contributed by atoms with Crippen molar-refractivity contribution in [1.29, 1.82) is 0 Å². The van der Waals surface area contributed by atoms with Crippen molar-refractivity contribution in [2.45, 2.75) is 46.5 Å². The second-order valence-corrected chi connectivity index (χ2v) is 8.18. The summed E-state index contributed by atoms with van der Waals surface area (Å²) in [5.41, 5.74) is 1.37. The van der Waals surface area contributed by atoms with Crippen LogP contribution in [0.5, 0.6) is 0 Å². The van der Waals surface area contributed by atoms with E-state index in [-0.39, 0.29) is 12.5 Å². The highest BCUT2D eigenvalue weighted by molar-refractivity contribution is 7.92. The summed E-state index contributed by atoms with van der Waals surface area (Å²) in [5, 5.41) is 2.89. The van der Waals surface area contributed by atoms with Gasteiger partial charge in [-0.3, -0.25) is 9.10 Å². The molecule has 1 aromatic carbocycles. The Morgan fingerprint density at radius 3 is 2.46 bits per heavy atom. The van der Waals surface area contributed by atoms with Crippen LogP contribution in [0.4, 0.5) is 5.69 Å². The zero-order chi connectivity index (χ0) is 18.2. The summed E-state index contributed by atoms with van der Waals surface area (Å²) >= 11 is 0. The predicted molar refractivity (Wildman–Crippen MR) is 99.7 cm³/mol. The van der Waals surface area contributed by atoms with E-state index in [9.17, 15) is 13.2 Å². The molecule has 1 atom stereocenters. The van der Waals surface area contributed by atoms with Gasteiger partial charge in [0.1, 0.15) is 6.54 Å². The van der Waals surface area contributed by atoms with Crippen LogP contribution < -0.4 is 9.62 Å². The van der Waals surface area contributed by atoms with Gasteiger partial charge < -0.3 is 5.32 Å². The van der Waals surface area contributed by atoms with Gasteiger partial charge in [0.2, 0.25) is 15.9 Å². The van der Waals surface area contributed by atoms with Crippen molar-refractivity contribution in [2.24, 2.45) is 5.92 Å². The number of unbranched alkanes of at least 4 members (excludes halogenated alkanes) is 1. The molecule has 1 aromatic rings. The largest absolute Gasteiger partial charge is 0.354 e. The minimum absolute atomic E-state index is 0.187. The minimum Gasteiger partial charge on any atom is -0.354 e. The lowest BCUT2D eigenvalue weighted by atomic mass is 9.99. The minimum atomic E-state index is -3.52. The van der Waals surface area contributed by atoms with E-state index in [4.69, 9.17) is 0 Å². The topological polar surface area (TPSA) is 66.5 Å². The Bertz CT molecular complexity index is 629. The van der Waals surface area contributed by atoms with Crippen LogP contribution in [0.25, 0.3) is 0 Å². The molecule has 5 nitrogen and oxygen atoms in total. The molecule has 0 bridgehead atoms. The third kappa shape index (κ3) is 6.51. The van der Waals surface area contributed by atoms with Crippen LogP contribution in [0.3, 0.4) is 0 Å². The average molecular weight is 355 g/mol. The summed E-state index contributed by atoms with van der Waals surface area (Å²) in [6.45, 7) is 6.51. The standard InChI is InChI=1S/C18H30N2O3S/c1-5-7-11-16(6-2)13-19-18(21)14-20(24(4,22)23)17-12-9-8-10-15(17)3/h8-10,12,16H,5-7,11,13-14H2,1-4H3,(H,19,21). The number of rotatable bonds is 10. The number of sulfonamides is 1. The molecule has 0 radical (unpaired) electrons. The van der Waals surface area contributed by atoms with Crippen LogP contribution in [-0.4, -0.2) is 33.7 Å². The van der Waals surface area contributed by atoms with E-state index in [1.165, 1.54) is 4.31 Å². The van der Waals surface area contributed by atoms with Crippen molar-refractivity contribution >= 4 is 21.6 Å². The number of aryl methyl sites for hydroxylation is 1. The lowest BCUT2D eigenvalue weighted by Gasteiger charge is -2.24. The number of para-hydroxylation sites is 1. The number of nitrogens with one attached hydrogen (secondary N) is 1. The molecule has 24 heavy (non-hydrogen) atoms. The Balaban J connectivity index is 2.75. The summed E-state index contributed by atoms with van der Waals surface area (Å²) in [6.07, 6.45) is 5.50. The van der Waals surface area contributed by atoms with Crippen LogP contribution in [0.1, 0.15) is 45.1 Å². The summed E-state index contributed by atoms with van der Waals surface area (Å²) in [7, 11) is -3.52. The molecule has 0 aliphatic rings. The second kappa shape index (κ2) is 9.67. The van der Waals surface area contributed by atoms with Gasteiger partial charge in [-0.1, -0.05) is 51.3 Å². The van der Waals surface area contributed by atoms with E-state index in [1.807, 2.05) is 19.1 Å². The molecule has 1 unspecified atom stereocenters. The zero-order valence-corrected chi connectivity index (χ0v) is 16.0. The molecule has 136 valence electrons. The molecule has 0 aromatic heterocycles. The first-order valence-corrected chi connectivity index (χ1v) is 10.4. The Hall–Kier alpha value is -1.56. The maximum absolute atomic E-state index is 12.3. The van der Waals surface area contributed by atoms with Gasteiger partial charge in [-0.2, -0.15) is 0 Å². The highest BCUT2D eigenvalue weighted by atomic mass is 32.2. The van der Waals surface area contributed by atoms with Crippen molar-refractivity contribution in [3.05, 3.63) is 29.8 Å². The molecule has 0 saturated heterocycles. The lowest BCUT2D eigenvalue weighted by molar-refractivity contribution is -0.119. The van der Waals surface area contributed by atoms with Crippen molar-refractivity contribution in [1.82, 2.24) is 5.32 Å². The quantitative estimate of drug-likeness (QED) is 0.702. The number of benzene rings is 1. The van der Waals surface area contributed by atoms with Crippen LogP contribution in [0.15, 0.2) is 24.3 Å². The SMILES string of the molecule is CCCCC(CC)CNC(=O)CN(c1ccccc1C)S(C)(=O)=O. The van der Waals surface area contributed by atoms with Gasteiger partial charge in [-0.15, -0.1) is 0 Å². The average Bonchev–Trinajstić information content (AvgIpc) is 2.52. The number of hydrogen-bond donors (Lipinski definition) is 1. The van der Waals surface area contributed by atoms with E-state index < -0.39 is 10.0 Å². The zero-order valence-electron chi connectivity index (χ0n) is 15.2. The smallest absolute Gasteiger partial charge is 0.240 e. The Kier molecular flexibility index (Phi) is 8.25. The van der Waals surface area contributed by atoms with Crippen LogP contribution in [0.2, 0.25) is 0 Å². The molecule has 0 aliphatic heterocycles. The fourth-order valence-electron chi connectivity index (χ4n) is 2.61. The van der Waals surface area contributed by atoms with Gasteiger partial charge >= 0.3 is 0 Å². The number of carbonyl (C=O) groups is 1. The number of anilines is 1. The van der Waals surface area contributed by atoms with E-state index in [0.717, 1.165) is 37.5 Å². The summed E-state index contributed by atoms with van der Waals surface area (Å²) in [4.78, 5) is 12.3. The molecule has 6 heteroatoms. The number of amides is 1. The first kappa shape index (κ1) is 20.5. The van der Waals surface area contributed by atoms with Gasteiger partial charge in [0.05, 0.1) is 11.9 Å². The van der Waals surface area contributed by atoms with Gasteiger partial charge in [0, 0.05) is 6.54 Å². The number of hydrogen-bond acceptors (Lipinski definition) is 3. The molecule has 0 heterocycles. The third-order valence-electron chi connectivity index (χ3n) is 4.20. The van der Waals surface area contributed by atoms with E-state index >= 15 is 0 Å². The third-order valence-corrected chi connectivity index (χ3v) is 5.33. The molecule has 1 N–H and O–H groups in total. The predicted octanol–water partition coefficient (Wildman–Crippen LogP) is 3.09. The molecule has 0 spiro atoms. The molecule has 0 aliphatic carbocycles. The Morgan fingerprint density at radius 1 is 1.25 bits per heavy atom. The summed E-state index contributed by atoms with van der Waals surface area (Å²) in [6, 6.07) is 7.18. The molecule has 1 rings (SSSR count). The second-order valence-electron chi connectivity index (χ2n) is 6.28. The Labute approximate surface area is 146 Å². The molecular formula is C18H30N2O3S. The van der Waals surface area contributed by atoms with E-state index in [2.05, 4.69) is 19.2 Å². The van der Waals surface area contributed by atoms with E-state index in [0.29, 0.717) is 18.2 Å². The van der Waals surface area contributed by atoms with Crippen LogP contribution in [-0.2, 0) is 14.8 Å². The fraction of sp³-hybridized carbons (Fsp3) is 0.611. The van der Waals surface area contributed by atoms with Gasteiger partial charge in [0.25, 0.3) is 0 Å². The molecule has 1 amide bonds. The maximum Gasteiger partial charge on any atom is 0.240 e. The number of carbonyl (C=O) groups excluding carboxylic acids is 1. The van der Waals surface area contributed by atoms with Crippen LogP contribution in [0, 0.1) is 12.8 Å². The summed E-state index contributed by atoms with van der Waals surface area (Å²) < 4.78 is 25.4. The van der Waals surface area contributed by atoms with Crippen molar-refractivity contribution in [3.63, 3.8) is 0 Å². The monoisotopic (exact) mass is 354 g/mol. The highest BCUT2D eigenvalue weighted by Crippen LogP contribution is 2.21. The first-order chi connectivity index (χ1) is 11.3. The molecule has 0 fully saturated rings. The van der Waals surface area contributed by atoms with Crippen LogP contribution >= 0.6 is 0 Å². The maximum atomic E-state index is 12.3. The van der Waals surface area contributed by atoms with Crippen molar-refractivity contribution < 1.29 is 13.2 Å². The normalized spacial score (nSPS) is 12.7. The first-order valence-electron chi connectivity index (χ1n) is 8.59. The van der Waals surface area contributed by atoms with Crippen molar-refractivity contribution in [3.8, 4) is 0 Å². The van der Waals surface area contributed by atoms with Gasteiger partial charge in [-0.05, 0) is 30.9 Å². The summed E-state index contributed by atoms with van der Waals surface area (Å²) in [5.74, 6) is 0.178. The lowest BCUT2D eigenvalue weighted by Crippen LogP contribution is -2.42. The number of nitrogens with zero attached hydrogens (tertiary/aromatic N) is 1. The van der Waals surface area contributed by atoms with Gasteiger partial charge in [-0.25, -0.2) is 8.42 Å². The van der Waals surface area contributed by atoms with E-state index in [1.54, 1.807) is 12.1 Å². The molecule has 0 saturated carbocycles. The highest BCUT2D eigenvalue weighted by Gasteiger charge is 2.22. The van der Waals surface area contributed by atoms with Crippen molar-refractivity contribution in [2.75, 3.05) is 23.7 Å². The Morgan fingerprint density at radius 2 is 1.92 bits per heavy atom. The molecular weight excluding hydrogens is 324 g/mol. The van der Waals surface area contributed by atoms with Gasteiger partial charge in [0.15, 0.2) is 0 Å². The fourth-order valence-corrected chi connectivity index (χ4v) is 3.53.